The first kappa shape index (κ1) is 21.9. The van der Waals surface area contributed by atoms with Crippen LogP contribution < -0.4 is 10.6 Å². The number of benzene rings is 1. The fourth-order valence-electron chi connectivity index (χ4n) is 2.84. The van der Waals surface area contributed by atoms with Crippen molar-refractivity contribution in [2.24, 2.45) is 0 Å². The van der Waals surface area contributed by atoms with Crippen LogP contribution in [0.1, 0.15) is 44.7 Å². The second-order valence-corrected chi connectivity index (χ2v) is 10.5. The Balaban J connectivity index is 2.18. The molecule has 1 aromatic rings. The van der Waals surface area contributed by atoms with Crippen molar-refractivity contribution in [3.8, 4) is 0 Å². The molecule has 0 heterocycles. The summed E-state index contributed by atoms with van der Waals surface area (Å²) in [6.45, 7) is 7.24. The quantitative estimate of drug-likeness (QED) is 0.519. The molecule has 156 valence electrons. The zero-order valence-electron chi connectivity index (χ0n) is 16.8. The lowest BCUT2D eigenvalue weighted by Gasteiger charge is -2.24. The summed E-state index contributed by atoms with van der Waals surface area (Å²) in [4.78, 5) is 22.7. The second-order valence-electron chi connectivity index (χ2n) is 8.32. The Morgan fingerprint density at radius 3 is 2.39 bits per heavy atom. The van der Waals surface area contributed by atoms with Crippen LogP contribution in [0.25, 0.3) is 0 Å². The number of carbonyl (C=O) groups is 1. The molecule has 2 N–H and O–H groups in total. The van der Waals surface area contributed by atoms with E-state index < -0.39 is 32.0 Å². The maximum Gasteiger partial charge on any atom is 0.408 e. The largest absolute Gasteiger partial charge is 0.444 e. The molecule has 0 radical (unpaired) electrons. The standard InChI is InChI=1S/C18H27N3O6S/c1-12-13(10-28(5,25)26)14(6-7-15(12)21(23)24)19-11-18(8-9-18)20-16(22)27-17(2,3)4/h6-7,19H,8-11H2,1-5H3,(H,20,22). The van der Waals surface area contributed by atoms with Gasteiger partial charge in [0.05, 0.1) is 16.2 Å². The van der Waals surface area contributed by atoms with E-state index in [1.807, 2.05) is 0 Å². The van der Waals surface area contributed by atoms with Crippen molar-refractivity contribution >= 4 is 27.3 Å². The maximum atomic E-state index is 12.0. The predicted octanol–water partition coefficient (Wildman–Crippen LogP) is 2.92. The van der Waals surface area contributed by atoms with Gasteiger partial charge in [0, 0.05) is 30.1 Å². The number of hydrogen-bond acceptors (Lipinski definition) is 7. The van der Waals surface area contributed by atoms with Crippen LogP contribution in [-0.2, 0) is 20.3 Å². The van der Waals surface area contributed by atoms with Gasteiger partial charge >= 0.3 is 6.09 Å². The van der Waals surface area contributed by atoms with Crippen LogP contribution in [0, 0.1) is 17.0 Å². The first-order chi connectivity index (χ1) is 12.7. The van der Waals surface area contributed by atoms with Crippen molar-refractivity contribution < 1.29 is 22.9 Å². The Morgan fingerprint density at radius 2 is 1.93 bits per heavy atom. The van der Waals surface area contributed by atoms with Gasteiger partial charge < -0.3 is 15.4 Å². The Labute approximate surface area is 164 Å². The Bertz CT molecular complexity index is 885. The summed E-state index contributed by atoms with van der Waals surface area (Å²) in [5, 5.41) is 17.2. The molecule has 0 atom stereocenters. The number of carbonyl (C=O) groups excluding carboxylic acids is 1. The van der Waals surface area contributed by atoms with E-state index >= 15 is 0 Å². The lowest BCUT2D eigenvalue weighted by Crippen LogP contribution is -2.44. The zero-order chi connectivity index (χ0) is 21.3. The summed E-state index contributed by atoms with van der Waals surface area (Å²) in [6.07, 6.45) is 2.09. The molecule has 0 spiro atoms. The summed E-state index contributed by atoms with van der Waals surface area (Å²) in [6, 6.07) is 2.86. The van der Waals surface area contributed by atoms with Crippen LogP contribution in [0.5, 0.6) is 0 Å². The summed E-state index contributed by atoms with van der Waals surface area (Å²) < 4.78 is 28.9. The molecular formula is C18H27N3O6S. The predicted molar refractivity (Wildman–Crippen MR) is 106 cm³/mol. The molecule has 1 aliphatic carbocycles. The number of nitrogens with zero attached hydrogens (tertiary/aromatic N) is 1. The summed E-state index contributed by atoms with van der Waals surface area (Å²) in [5.74, 6) is -0.310. The highest BCUT2D eigenvalue weighted by Crippen LogP contribution is 2.37. The molecular weight excluding hydrogens is 386 g/mol. The van der Waals surface area contributed by atoms with E-state index in [0.29, 0.717) is 23.4 Å². The second kappa shape index (κ2) is 7.57. The highest BCUT2D eigenvalue weighted by Gasteiger charge is 2.45. The maximum absolute atomic E-state index is 12.0. The van der Waals surface area contributed by atoms with E-state index in [-0.39, 0.29) is 11.4 Å². The van der Waals surface area contributed by atoms with Crippen LogP contribution in [0.15, 0.2) is 12.1 Å². The lowest BCUT2D eigenvalue weighted by atomic mass is 10.1. The molecule has 1 aliphatic rings. The third-order valence-corrected chi connectivity index (χ3v) is 5.22. The van der Waals surface area contributed by atoms with Crippen LogP contribution in [0.4, 0.5) is 16.2 Å². The number of anilines is 1. The minimum atomic E-state index is -3.39. The van der Waals surface area contributed by atoms with E-state index in [4.69, 9.17) is 4.74 Å². The van der Waals surface area contributed by atoms with Crippen molar-refractivity contribution in [3.63, 3.8) is 0 Å². The first-order valence-electron chi connectivity index (χ1n) is 8.91. The van der Waals surface area contributed by atoms with Gasteiger partial charge in [-0.15, -0.1) is 0 Å². The Hall–Kier alpha value is -2.36. The van der Waals surface area contributed by atoms with Crippen molar-refractivity contribution in [2.45, 2.75) is 57.4 Å². The van der Waals surface area contributed by atoms with Gasteiger partial charge in [-0.2, -0.15) is 0 Å². The molecule has 1 saturated carbocycles. The van der Waals surface area contributed by atoms with Crippen LogP contribution in [0.3, 0.4) is 0 Å². The van der Waals surface area contributed by atoms with Crippen molar-refractivity contribution in [2.75, 3.05) is 18.1 Å². The molecule has 28 heavy (non-hydrogen) atoms. The highest BCUT2D eigenvalue weighted by atomic mass is 32.2. The number of hydrogen-bond donors (Lipinski definition) is 2. The van der Waals surface area contributed by atoms with Crippen molar-refractivity contribution in [1.29, 1.82) is 0 Å². The third kappa shape index (κ3) is 6.08. The van der Waals surface area contributed by atoms with Gasteiger partial charge in [0.1, 0.15) is 5.60 Å². The number of amides is 1. The van der Waals surface area contributed by atoms with Crippen LogP contribution in [0.2, 0.25) is 0 Å². The third-order valence-electron chi connectivity index (χ3n) is 4.41. The fourth-order valence-corrected chi connectivity index (χ4v) is 3.73. The van der Waals surface area contributed by atoms with E-state index in [2.05, 4.69) is 10.6 Å². The van der Waals surface area contributed by atoms with Gasteiger partial charge in [-0.05, 0) is 52.2 Å². The zero-order valence-corrected chi connectivity index (χ0v) is 17.6. The topological polar surface area (TPSA) is 128 Å². The average molecular weight is 413 g/mol. The van der Waals surface area contributed by atoms with Gasteiger partial charge in [0.25, 0.3) is 5.69 Å². The monoisotopic (exact) mass is 413 g/mol. The number of nitrogens with one attached hydrogen (secondary N) is 2. The summed E-state index contributed by atoms with van der Waals surface area (Å²) in [7, 11) is -3.39. The van der Waals surface area contributed by atoms with Gasteiger partial charge in [0.2, 0.25) is 0 Å². The van der Waals surface area contributed by atoms with Crippen LogP contribution >= 0.6 is 0 Å². The van der Waals surface area contributed by atoms with E-state index in [1.165, 1.54) is 19.1 Å². The SMILES string of the molecule is Cc1c([N+](=O)[O-])ccc(NCC2(NC(=O)OC(C)(C)C)CC2)c1CS(C)(=O)=O. The average Bonchev–Trinajstić information content (AvgIpc) is 3.24. The Morgan fingerprint density at radius 1 is 1.32 bits per heavy atom. The lowest BCUT2D eigenvalue weighted by molar-refractivity contribution is -0.385. The van der Waals surface area contributed by atoms with Gasteiger partial charge in [-0.3, -0.25) is 10.1 Å². The van der Waals surface area contributed by atoms with E-state index in [0.717, 1.165) is 19.1 Å². The molecule has 10 heteroatoms. The molecule has 1 aromatic carbocycles. The van der Waals surface area contributed by atoms with Gasteiger partial charge in [-0.25, -0.2) is 13.2 Å². The van der Waals surface area contributed by atoms with E-state index in [9.17, 15) is 23.3 Å². The molecule has 9 nitrogen and oxygen atoms in total. The molecule has 1 amide bonds. The smallest absolute Gasteiger partial charge is 0.408 e. The molecule has 0 unspecified atom stereocenters. The van der Waals surface area contributed by atoms with Crippen molar-refractivity contribution in [1.82, 2.24) is 5.32 Å². The summed E-state index contributed by atoms with van der Waals surface area (Å²) in [5.41, 5.74) is -0.0234. The Kier molecular flexibility index (Phi) is 5.93. The number of nitro groups is 1. The number of ether oxygens (including phenoxy) is 1. The molecule has 0 bridgehead atoms. The van der Waals surface area contributed by atoms with Gasteiger partial charge in [0.15, 0.2) is 9.84 Å². The number of rotatable bonds is 7. The summed E-state index contributed by atoms with van der Waals surface area (Å²) >= 11 is 0. The molecule has 2 rings (SSSR count). The van der Waals surface area contributed by atoms with Crippen molar-refractivity contribution in [3.05, 3.63) is 33.4 Å². The highest BCUT2D eigenvalue weighted by molar-refractivity contribution is 7.89. The van der Waals surface area contributed by atoms with Crippen LogP contribution in [-0.4, -0.2) is 43.4 Å². The minimum Gasteiger partial charge on any atom is -0.444 e. The molecule has 0 saturated heterocycles. The minimum absolute atomic E-state index is 0.128. The van der Waals surface area contributed by atoms with E-state index in [1.54, 1.807) is 20.8 Å². The number of alkyl carbamates (subject to hydrolysis) is 1. The number of nitro benzene ring substituents is 1. The fraction of sp³-hybridized carbons (Fsp3) is 0.611. The van der Waals surface area contributed by atoms with Gasteiger partial charge in [-0.1, -0.05) is 0 Å². The molecule has 0 aromatic heterocycles. The number of sulfone groups is 1. The molecule has 0 aliphatic heterocycles. The first-order valence-corrected chi connectivity index (χ1v) is 11.0. The normalized spacial score (nSPS) is 15.6. The molecule has 1 fully saturated rings.